The number of amides is 2. The van der Waals surface area contributed by atoms with Gasteiger partial charge in [-0.05, 0) is 52.7 Å². The van der Waals surface area contributed by atoms with E-state index in [-0.39, 0.29) is 11.8 Å². The Hall–Kier alpha value is -2.14. The van der Waals surface area contributed by atoms with Crippen molar-refractivity contribution in [2.24, 2.45) is 0 Å². The molecule has 0 unspecified atom stereocenters. The van der Waals surface area contributed by atoms with Crippen molar-refractivity contribution in [1.82, 2.24) is 5.32 Å². The van der Waals surface area contributed by atoms with Crippen molar-refractivity contribution in [3.05, 3.63) is 64.1 Å². The van der Waals surface area contributed by atoms with Crippen LogP contribution in [0.15, 0.2) is 53.0 Å². The van der Waals surface area contributed by atoms with Gasteiger partial charge in [0.2, 0.25) is 0 Å². The Morgan fingerprint density at radius 1 is 1.05 bits per heavy atom. The van der Waals surface area contributed by atoms with E-state index in [1.807, 2.05) is 19.1 Å². The van der Waals surface area contributed by atoms with Gasteiger partial charge in [0, 0.05) is 22.3 Å². The van der Waals surface area contributed by atoms with Crippen LogP contribution in [-0.4, -0.2) is 18.4 Å². The fourth-order valence-electron chi connectivity index (χ4n) is 1.92. The maximum atomic E-state index is 12.2. The number of rotatable bonds is 5. The quantitative estimate of drug-likeness (QED) is 0.850. The lowest BCUT2D eigenvalue weighted by Crippen LogP contribution is -2.24. The van der Waals surface area contributed by atoms with Crippen LogP contribution in [0.4, 0.5) is 5.69 Å². The molecule has 2 N–H and O–H groups in total. The first kappa shape index (κ1) is 16.2. The van der Waals surface area contributed by atoms with Gasteiger partial charge in [-0.1, -0.05) is 25.1 Å². The molecule has 0 aromatic heterocycles. The lowest BCUT2D eigenvalue weighted by Gasteiger charge is -2.09. The maximum Gasteiger partial charge on any atom is 0.256 e. The lowest BCUT2D eigenvalue weighted by molar-refractivity contribution is 0.0952. The van der Waals surface area contributed by atoms with E-state index in [0.29, 0.717) is 23.4 Å². The Morgan fingerprint density at radius 2 is 1.82 bits per heavy atom. The normalized spacial score (nSPS) is 10.1. The number of hydrogen-bond donors (Lipinski definition) is 2. The minimum atomic E-state index is -0.224. The second-order valence-electron chi connectivity index (χ2n) is 4.77. The average Bonchev–Trinajstić information content (AvgIpc) is 2.53. The van der Waals surface area contributed by atoms with Crippen LogP contribution in [0.3, 0.4) is 0 Å². The van der Waals surface area contributed by atoms with Crippen molar-refractivity contribution < 1.29 is 9.59 Å². The molecule has 5 heteroatoms. The molecule has 0 aliphatic carbocycles. The molecular weight excluding hydrogens is 344 g/mol. The van der Waals surface area contributed by atoms with E-state index < -0.39 is 0 Å². The van der Waals surface area contributed by atoms with Gasteiger partial charge < -0.3 is 10.6 Å². The summed E-state index contributed by atoms with van der Waals surface area (Å²) in [6, 6.07) is 14.1. The maximum absolute atomic E-state index is 12.2. The topological polar surface area (TPSA) is 58.2 Å². The van der Waals surface area contributed by atoms with Crippen LogP contribution in [0.2, 0.25) is 0 Å². The zero-order valence-electron chi connectivity index (χ0n) is 12.2. The molecule has 2 rings (SSSR count). The number of benzene rings is 2. The van der Waals surface area contributed by atoms with Crippen molar-refractivity contribution in [1.29, 1.82) is 0 Å². The molecule has 2 aromatic rings. The molecule has 0 saturated heterocycles. The molecule has 0 bridgehead atoms. The summed E-state index contributed by atoms with van der Waals surface area (Å²) in [5.74, 6) is -0.363. The highest BCUT2D eigenvalue weighted by molar-refractivity contribution is 9.10. The van der Waals surface area contributed by atoms with Gasteiger partial charge in [0.05, 0.1) is 5.56 Å². The number of carbonyl (C=O) groups is 2. The molecule has 0 radical (unpaired) electrons. The summed E-state index contributed by atoms with van der Waals surface area (Å²) >= 11 is 3.35. The van der Waals surface area contributed by atoms with Gasteiger partial charge in [0.25, 0.3) is 11.8 Å². The van der Waals surface area contributed by atoms with E-state index in [0.717, 1.165) is 10.9 Å². The minimum absolute atomic E-state index is 0.140. The molecule has 0 spiro atoms. The van der Waals surface area contributed by atoms with Crippen LogP contribution in [-0.2, 0) is 0 Å². The minimum Gasteiger partial charge on any atom is -0.352 e. The summed E-state index contributed by atoms with van der Waals surface area (Å²) < 4.78 is 0.726. The molecule has 2 aromatic carbocycles. The van der Waals surface area contributed by atoms with Gasteiger partial charge in [0.1, 0.15) is 0 Å². The largest absolute Gasteiger partial charge is 0.352 e. The van der Waals surface area contributed by atoms with E-state index in [1.54, 1.807) is 36.4 Å². The molecule has 22 heavy (non-hydrogen) atoms. The van der Waals surface area contributed by atoms with Crippen molar-refractivity contribution in [3.63, 3.8) is 0 Å². The number of anilines is 1. The highest BCUT2D eigenvalue weighted by Crippen LogP contribution is 2.18. The van der Waals surface area contributed by atoms with Crippen LogP contribution in [0.1, 0.15) is 34.1 Å². The van der Waals surface area contributed by atoms with Crippen molar-refractivity contribution in [3.8, 4) is 0 Å². The molecule has 0 aliphatic rings. The van der Waals surface area contributed by atoms with E-state index in [2.05, 4.69) is 26.6 Å². The molecule has 0 saturated carbocycles. The predicted molar refractivity (Wildman–Crippen MR) is 91.2 cm³/mol. The first-order valence-corrected chi connectivity index (χ1v) is 7.85. The monoisotopic (exact) mass is 360 g/mol. The zero-order valence-corrected chi connectivity index (χ0v) is 13.8. The number of hydrogen-bond acceptors (Lipinski definition) is 2. The van der Waals surface area contributed by atoms with Gasteiger partial charge >= 0.3 is 0 Å². The van der Waals surface area contributed by atoms with Crippen LogP contribution in [0, 0.1) is 0 Å². The molecular formula is C17H17BrN2O2. The Labute approximate surface area is 138 Å². The summed E-state index contributed by atoms with van der Waals surface area (Å²) in [4.78, 5) is 24.2. The van der Waals surface area contributed by atoms with E-state index in [9.17, 15) is 9.59 Å². The Kier molecular flexibility index (Phi) is 5.72. The first-order chi connectivity index (χ1) is 10.6. The summed E-state index contributed by atoms with van der Waals surface area (Å²) in [6.07, 6.45) is 0.879. The fraction of sp³-hybridized carbons (Fsp3) is 0.176. The van der Waals surface area contributed by atoms with Crippen LogP contribution < -0.4 is 10.6 Å². The third-order valence-electron chi connectivity index (χ3n) is 3.04. The molecule has 0 fully saturated rings. The van der Waals surface area contributed by atoms with Crippen molar-refractivity contribution in [2.45, 2.75) is 13.3 Å². The molecule has 114 valence electrons. The van der Waals surface area contributed by atoms with Crippen LogP contribution in [0.25, 0.3) is 0 Å². The predicted octanol–water partition coefficient (Wildman–Crippen LogP) is 3.84. The summed E-state index contributed by atoms with van der Waals surface area (Å²) in [5.41, 5.74) is 1.66. The molecule has 0 aliphatic heterocycles. The van der Waals surface area contributed by atoms with Gasteiger partial charge in [-0.3, -0.25) is 9.59 Å². The third-order valence-corrected chi connectivity index (χ3v) is 3.73. The second-order valence-corrected chi connectivity index (χ2v) is 5.63. The van der Waals surface area contributed by atoms with E-state index in [1.165, 1.54) is 0 Å². The third kappa shape index (κ3) is 4.18. The summed E-state index contributed by atoms with van der Waals surface area (Å²) in [5, 5.41) is 5.61. The van der Waals surface area contributed by atoms with Crippen molar-refractivity contribution >= 4 is 33.4 Å². The van der Waals surface area contributed by atoms with E-state index in [4.69, 9.17) is 0 Å². The molecule has 4 nitrogen and oxygen atoms in total. The summed E-state index contributed by atoms with van der Waals surface area (Å²) in [6.45, 7) is 2.63. The highest BCUT2D eigenvalue weighted by Gasteiger charge is 2.11. The first-order valence-electron chi connectivity index (χ1n) is 7.06. The van der Waals surface area contributed by atoms with Gasteiger partial charge in [-0.25, -0.2) is 0 Å². The molecule has 0 atom stereocenters. The number of carbonyl (C=O) groups excluding carboxylic acids is 2. The van der Waals surface area contributed by atoms with Crippen molar-refractivity contribution in [2.75, 3.05) is 11.9 Å². The second kappa shape index (κ2) is 7.75. The van der Waals surface area contributed by atoms with Crippen LogP contribution >= 0.6 is 15.9 Å². The average molecular weight is 361 g/mol. The Morgan fingerprint density at radius 3 is 2.55 bits per heavy atom. The standard InChI is InChI=1S/C17H17BrN2O2/c1-2-10-19-16(21)12-6-5-7-13(11-12)20-17(22)14-8-3-4-9-15(14)18/h3-9,11H,2,10H2,1H3,(H,19,21)(H,20,22). The highest BCUT2D eigenvalue weighted by atomic mass is 79.9. The fourth-order valence-corrected chi connectivity index (χ4v) is 2.39. The Bertz CT molecular complexity index is 686. The SMILES string of the molecule is CCCNC(=O)c1cccc(NC(=O)c2ccccc2Br)c1. The molecule has 2 amide bonds. The number of halogens is 1. The molecule has 0 heterocycles. The number of nitrogens with one attached hydrogen (secondary N) is 2. The van der Waals surface area contributed by atoms with Gasteiger partial charge in [-0.15, -0.1) is 0 Å². The Balaban J connectivity index is 2.12. The zero-order chi connectivity index (χ0) is 15.9. The van der Waals surface area contributed by atoms with Gasteiger partial charge in [-0.2, -0.15) is 0 Å². The van der Waals surface area contributed by atoms with Gasteiger partial charge in [0.15, 0.2) is 0 Å². The van der Waals surface area contributed by atoms with E-state index >= 15 is 0 Å². The smallest absolute Gasteiger partial charge is 0.256 e. The van der Waals surface area contributed by atoms with Crippen LogP contribution in [0.5, 0.6) is 0 Å². The lowest BCUT2D eigenvalue weighted by atomic mass is 10.1. The summed E-state index contributed by atoms with van der Waals surface area (Å²) in [7, 11) is 0.